The number of rotatable bonds is 12. The molecular weight excluding hydrogens is 737 g/mol. The van der Waals surface area contributed by atoms with Gasteiger partial charge in [-0.3, -0.25) is 34.2 Å². The van der Waals surface area contributed by atoms with Crippen molar-refractivity contribution in [2.24, 2.45) is 9.98 Å². The maximum absolute atomic E-state index is 13.9. The van der Waals surface area contributed by atoms with Crippen molar-refractivity contribution in [1.29, 1.82) is 0 Å². The number of benzene rings is 5. The zero-order valence-corrected chi connectivity index (χ0v) is 32.0. The number of fused-ring (bicyclic) bond motifs is 8. The van der Waals surface area contributed by atoms with Gasteiger partial charge in [-0.2, -0.15) is 0 Å². The molecule has 4 aliphatic rings. The van der Waals surface area contributed by atoms with Crippen molar-refractivity contribution in [3.05, 3.63) is 130 Å². The lowest BCUT2D eigenvalue weighted by atomic mass is 10.1. The summed E-state index contributed by atoms with van der Waals surface area (Å²) in [6.45, 7) is 2.40. The van der Waals surface area contributed by atoms with Gasteiger partial charge < -0.3 is 24.1 Å². The molecule has 0 saturated heterocycles. The standard InChI is InChI=1S/C46H40N4O8/c1-27-14-35-37(47-23-32-18-30-8-3-5-10-39(30)49(32)45(35)53)21-41(27)57-25-28-15-29(17-34(16-28)56-13-7-12-44(51)52)26-58-43-22-38-36(20-42(43)55-2)46(54)50-33(24-48-38)19-31-9-4-6-11-40(31)50/h3-6,8-11,14-17,20-24,32-33H,7,12-13,18-19,25-26H2,1-2H3,(H,51,52)/t32-,33-/m0/s1. The summed E-state index contributed by atoms with van der Waals surface area (Å²) in [5, 5.41) is 9.13. The number of hydrogen-bond acceptors (Lipinski definition) is 9. The fourth-order valence-corrected chi connectivity index (χ4v) is 8.10. The molecular formula is C46H40N4O8. The van der Waals surface area contributed by atoms with Gasteiger partial charge in [0.2, 0.25) is 0 Å². The topological polar surface area (TPSA) is 140 Å². The number of carbonyl (C=O) groups is 3. The predicted molar refractivity (Wildman–Crippen MR) is 219 cm³/mol. The van der Waals surface area contributed by atoms with E-state index in [1.165, 1.54) is 7.11 Å². The molecule has 5 aromatic carbocycles. The number of carboxylic acid groups (broad SMARTS) is 1. The molecule has 5 aromatic rings. The van der Waals surface area contributed by atoms with Crippen LogP contribution in [0.3, 0.4) is 0 Å². The number of methoxy groups -OCH3 is 1. The number of aliphatic carboxylic acids is 1. The lowest BCUT2D eigenvalue weighted by molar-refractivity contribution is -0.137. The molecule has 4 heterocycles. The van der Waals surface area contributed by atoms with E-state index in [1.807, 2.05) is 103 Å². The molecule has 0 saturated carbocycles. The van der Waals surface area contributed by atoms with Gasteiger partial charge in [0.25, 0.3) is 11.8 Å². The molecule has 9 rings (SSSR count). The molecule has 12 nitrogen and oxygen atoms in total. The van der Waals surface area contributed by atoms with Gasteiger partial charge in [-0.15, -0.1) is 0 Å². The maximum atomic E-state index is 13.9. The van der Waals surface area contributed by atoms with E-state index in [4.69, 9.17) is 34.0 Å². The number of carbonyl (C=O) groups excluding carboxylic acids is 2. The smallest absolute Gasteiger partial charge is 0.303 e. The quantitative estimate of drug-likeness (QED) is 0.126. The molecule has 4 aliphatic heterocycles. The van der Waals surface area contributed by atoms with E-state index in [0.717, 1.165) is 39.2 Å². The molecule has 0 bridgehead atoms. The first kappa shape index (κ1) is 36.7. The van der Waals surface area contributed by atoms with Crippen LogP contribution in [0.5, 0.6) is 23.0 Å². The highest BCUT2D eigenvalue weighted by molar-refractivity contribution is 6.15. The van der Waals surface area contributed by atoms with Gasteiger partial charge in [0.15, 0.2) is 11.5 Å². The van der Waals surface area contributed by atoms with Crippen LogP contribution < -0.4 is 28.7 Å². The zero-order chi connectivity index (χ0) is 39.9. The van der Waals surface area contributed by atoms with E-state index >= 15 is 0 Å². The summed E-state index contributed by atoms with van der Waals surface area (Å²) >= 11 is 0. The largest absolute Gasteiger partial charge is 0.494 e. The van der Waals surface area contributed by atoms with Crippen LogP contribution >= 0.6 is 0 Å². The zero-order valence-electron chi connectivity index (χ0n) is 32.0. The Hall–Kier alpha value is -6.95. The Labute approximate surface area is 335 Å². The number of anilines is 2. The number of ether oxygens (including phenoxy) is 4. The first-order chi connectivity index (χ1) is 28.2. The molecule has 0 aliphatic carbocycles. The van der Waals surface area contributed by atoms with Crippen molar-refractivity contribution in [2.75, 3.05) is 23.5 Å². The minimum Gasteiger partial charge on any atom is -0.494 e. The van der Waals surface area contributed by atoms with Gasteiger partial charge in [-0.1, -0.05) is 36.4 Å². The fraction of sp³-hybridized carbons (Fsp3) is 0.239. The lowest BCUT2D eigenvalue weighted by Gasteiger charge is -2.22. The fourth-order valence-electron chi connectivity index (χ4n) is 8.10. The van der Waals surface area contributed by atoms with E-state index in [1.54, 1.807) is 17.0 Å². The van der Waals surface area contributed by atoms with Crippen molar-refractivity contribution in [2.45, 2.75) is 57.9 Å². The highest BCUT2D eigenvalue weighted by Gasteiger charge is 2.37. The number of aryl methyl sites for hydroxylation is 1. The number of hydrogen-bond donors (Lipinski definition) is 1. The second-order valence-electron chi connectivity index (χ2n) is 14.8. The van der Waals surface area contributed by atoms with Crippen LogP contribution in [0.2, 0.25) is 0 Å². The maximum Gasteiger partial charge on any atom is 0.303 e. The third-order valence-corrected chi connectivity index (χ3v) is 10.9. The highest BCUT2D eigenvalue weighted by Crippen LogP contribution is 2.42. The molecule has 292 valence electrons. The molecule has 2 amide bonds. The normalized spacial score (nSPS) is 17.0. The van der Waals surface area contributed by atoms with Gasteiger partial charge in [-0.05, 0) is 83.6 Å². The first-order valence-corrected chi connectivity index (χ1v) is 19.2. The van der Waals surface area contributed by atoms with E-state index in [2.05, 4.69) is 0 Å². The Morgan fingerprint density at radius 2 is 1.26 bits per heavy atom. The monoisotopic (exact) mass is 776 g/mol. The average molecular weight is 777 g/mol. The summed E-state index contributed by atoms with van der Waals surface area (Å²) in [5.74, 6) is 0.790. The Morgan fingerprint density at radius 3 is 1.84 bits per heavy atom. The number of amides is 2. The summed E-state index contributed by atoms with van der Waals surface area (Å²) in [6.07, 6.45) is 5.38. The van der Waals surface area contributed by atoms with Crippen LogP contribution in [-0.2, 0) is 30.8 Å². The Kier molecular flexibility index (Phi) is 9.60. The van der Waals surface area contributed by atoms with E-state index in [-0.39, 0.29) is 50.1 Å². The van der Waals surface area contributed by atoms with E-state index in [0.29, 0.717) is 64.8 Å². The molecule has 0 radical (unpaired) electrons. The third-order valence-electron chi connectivity index (χ3n) is 10.9. The van der Waals surface area contributed by atoms with Gasteiger partial charge >= 0.3 is 5.97 Å². The SMILES string of the molecule is COc1cc2c(cc1OCc1cc(COc3cc4c(cc3C)C(=O)N3c5ccccc5C[C@H]3C=N4)cc(OCCCC(=O)O)c1)N=C[C@@H]1Cc3ccccc3N1C2=O. The van der Waals surface area contributed by atoms with Crippen LogP contribution in [0, 0.1) is 6.92 Å². The molecule has 0 spiro atoms. The van der Waals surface area contributed by atoms with Crippen LogP contribution in [0.25, 0.3) is 0 Å². The minimum atomic E-state index is -0.891. The van der Waals surface area contributed by atoms with Crippen molar-refractivity contribution >= 4 is 53.0 Å². The summed E-state index contributed by atoms with van der Waals surface area (Å²) in [7, 11) is 1.53. The Morgan fingerprint density at radius 1 is 0.707 bits per heavy atom. The first-order valence-electron chi connectivity index (χ1n) is 19.2. The predicted octanol–water partition coefficient (Wildman–Crippen LogP) is 7.98. The Balaban J connectivity index is 0.948. The van der Waals surface area contributed by atoms with Crippen LogP contribution in [0.15, 0.2) is 101 Å². The minimum absolute atomic E-state index is 0.0134. The van der Waals surface area contributed by atoms with Crippen LogP contribution in [0.4, 0.5) is 22.7 Å². The second-order valence-corrected chi connectivity index (χ2v) is 14.8. The molecule has 0 unspecified atom stereocenters. The molecule has 58 heavy (non-hydrogen) atoms. The van der Waals surface area contributed by atoms with Crippen molar-refractivity contribution < 1.29 is 38.4 Å². The molecule has 0 fully saturated rings. The van der Waals surface area contributed by atoms with E-state index < -0.39 is 5.97 Å². The molecule has 1 N–H and O–H groups in total. The van der Waals surface area contributed by atoms with Gasteiger partial charge in [0.05, 0.1) is 48.3 Å². The number of nitrogens with zero attached hydrogens (tertiary/aromatic N) is 4. The van der Waals surface area contributed by atoms with Gasteiger partial charge in [-0.25, -0.2) is 0 Å². The summed E-state index contributed by atoms with van der Waals surface area (Å²) < 4.78 is 24.4. The van der Waals surface area contributed by atoms with Crippen LogP contribution in [0.1, 0.15) is 61.4 Å². The summed E-state index contributed by atoms with van der Waals surface area (Å²) in [6, 6.07) is 28.2. The number of para-hydroxylation sites is 2. The number of carboxylic acids is 1. The van der Waals surface area contributed by atoms with Crippen LogP contribution in [-0.4, -0.2) is 61.1 Å². The lowest BCUT2D eigenvalue weighted by Crippen LogP contribution is -2.37. The number of aliphatic imine (C=N–C) groups is 2. The van der Waals surface area contributed by atoms with Crippen molar-refractivity contribution in [3.63, 3.8) is 0 Å². The molecule has 2 atom stereocenters. The Bertz CT molecular complexity index is 2550. The van der Waals surface area contributed by atoms with Crippen molar-refractivity contribution in [1.82, 2.24) is 0 Å². The highest BCUT2D eigenvalue weighted by atomic mass is 16.5. The van der Waals surface area contributed by atoms with Crippen molar-refractivity contribution in [3.8, 4) is 23.0 Å². The van der Waals surface area contributed by atoms with E-state index in [9.17, 15) is 14.4 Å². The molecule has 0 aromatic heterocycles. The summed E-state index contributed by atoms with van der Waals surface area (Å²) in [5.41, 5.74) is 8.34. The molecule has 12 heteroatoms. The van der Waals surface area contributed by atoms with Gasteiger partial charge in [0.1, 0.15) is 24.7 Å². The van der Waals surface area contributed by atoms with Gasteiger partial charge in [0, 0.05) is 55.2 Å². The second kappa shape index (κ2) is 15.2. The third kappa shape index (κ3) is 6.91. The average Bonchev–Trinajstić information content (AvgIpc) is 3.72. The summed E-state index contributed by atoms with van der Waals surface area (Å²) in [4.78, 5) is 52.0.